The summed E-state index contributed by atoms with van der Waals surface area (Å²) < 4.78 is 11.7. The molecule has 2 rings (SSSR count). The van der Waals surface area contributed by atoms with Crippen molar-refractivity contribution in [2.24, 2.45) is 0 Å². The SMILES string of the molecule is CCCC1COC(CN(C(=O)CCl)c2c(CC)cccc2CC)O1. The van der Waals surface area contributed by atoms with Crippen LogP contribution in [0.25, 0.3) is 0 Å². The van der Waals surface area contributed by atoms with E-state index in [-0.39, 0.29) is 24.2 Å². The molecule has 1 aromatic rings. The van der Waals surface area contributed by atoms with Crippen LogP contribution in [0.2, 0.25) is 0 Å². The quantitative estimate of drug-likeness (QED) is 0.665. The van der Waals surface area contributed by atoms with Crippen molar-refractivity contribution in [3.63, 3.8) is 0 Å². The second-order valence-electron chi connectivity index (χ2n) is 6.08. The monoisotopic (exact) mass is 353 g/mol. The minimum Gasteiger partial charge on any atom is -0.348 e. The second-order valence-corrected chi connectivity index (χ2v) is 6.35. The zero-order valence-electron chi connectivity index (χ0n) is 14.9. The minimum atomic E-state index is -0.386. The highest BCUT2D eigenvalue weighted by Gasteiger charge is 2.30. The lowest BCUT2D eigenvalue weighted by Crippen LogP contribution is -2.40. The van der Waals surface area contributed by atoms with Crippen molar-refractivity contribution >= 4 is 23.2 Å². The fraction of sp³-hybridized carbons (Fsp3) is 0.632. The van der Waals surface area contributed by atoms with Gasteiger partial charge in [-0.25, -0.2) is 0 Å². The lowest BCUT2D eigenvalue weighted by Gasteiger charge is -2.29. The summed E-state index contributed by atoms with van der Waals surface area (Å²) in [6.45, 7) is 7.31. The first-order valence-electron chi connectivity index (χ1n) is 8.88. The zero-order chi connectivity index (χ0) is 17.5. The third kappa shape index (κ3) is 4.50. The highest BCUT2D eigenvalue weighted by atomic mass is 35.5. The molecule has 134 valence electrons. The number of ether oxygens (including phenoxy) is 2. The Hall–Kier alpha value is -1.10. The van der Waals surface area contributed by atoms with Crippen molar-refractivity contribution in [3.05, 3.63) is 29.3 Å². The van der Waals surface area contributed by atoms with Crippen LogP contribution in [0.3, 0.4) is 0 Å². The molecular formula is C19H28ClNO3. The molecule has 1 heterocycles. The van der Waals surface area contributed by atoms with E-state index in [0.717, 1.165) is 42.5 Å². The molecule has 0 N–H and O–H groups in total. The molecule has 0 saturated carbocycles. The predicted molar refractivity (Wildman–Crippen MR) is 97.8 cm³/mol. The smallest absolute Gasteiger partial charge is 0.242 e. The van der Waals surface area contributed by atoms with Gasteiger partial charge >= 0.3 is 0 Å². The molecule has 5 heteroatoms. The molecule has 24 heavy (non-hydrogen) atoms. The molecule has 1 aliphatic heterocycles. The summed E-state index contributed by atoms with van der Waals surface area (Å²) in [4.78, 5) is 14.3. The molecule has 4 nitrogen and oxygen atoms in total. The van der Waals surface area contributed by atoms with Crippen LogP contribution in [0.4, 0.5) is 5.69 Å². The molecule has 2 atom stereocenters. The van der Waals surface area contributed by atoms with E-state index in [9.17, 15) is 4.79 Å². The van der Waals surface area contributed by atoms with Crippen molar-refractivity contribution in [2.75, 3.05) is 23.9 Å². The number of amides is 1. The van der Waals surface area contributed by atoms with Crippen LogP contribution in [0.15, 0.2) is 18.2 Å². The Balaban J connectivity index is 2.25. The first-order chi connectivity index (χ1) is 11.6. The van der Waals surface area contributed by atoms with Crippen LogP contribution in [-0.4, -0.2) is 37.3 Å². The van der Waals surface area contributed by atoms with Crippen LogP contribution in [0.5, 0.6) is 0 Å². The van der Waals surface area contributed by atoms with Crippen molar-refractivity contribution < 1.29 is 14.3 Å². The third-order valence-electron chi connectivity index (χ3n) is 4.40. The zero-order valence-corrected chi connectivity index (χ0v) is 15.6. The number of alkyl halides is 1. The predicted octanol–water partition coefficient (Wildman–Crippen LogP) is 3.92. The van der Waals surface area contributed by atoms with E-state index in [0.29, 0.717) is 13.2 Å². The van der Waals surface area contributed by atoms with Gasteiger partial charge in [-0.2, -0.15) is 0 Å². The minimum absolute atomic E-state index is 0.0493. The Morgan fingerprint density at radius 2 is 1.92 bits per heavy atom. The molecule has 2 unspecified atom stereocenters. The van der Waals surface area contributed by atoms with Gasteiger partial charge in [0, 0.05) is 0 Å². The van der Waals surface area contributed by atoms with Crippen molar-refractivity contribution in [1.29, 1.82) is 0 Å². The molecule has 0 aromatic heterocycles. The highest BCUT2D eigenvalue weighted by molar-refractivity contribution is 6.29. The maximum Gasteiger partial charge on any atom is 0.242 e. The summed E-state index contributed by atoms with van der Waals surface area (Å²) in [6, 6.07) is 6.18. The number of halogens is 1. The molecular weight excluding hydrogens is 326 g/mol. The van der Waals surface area contributed by atoms with E-state index in [2.05, 4.69) is 32.9 Å². The largest absolute Gasteiger partial charge is 0.348 e. The summed E-state index contributed by atoms with van der Waals surface area (Å²) in [6.07, 6.45) is 3.50. The van der Waals surface area contributed by atoms with E-state index in [1.165, 1.54) is 0 Å². The van der Waals surface area contributed by atoms with Crippen LogP contribution >= 0.6 is 11.6 Å². The standard InChI is InChI=1S/C19H28ClNO3/c1-4-8-16-13-23-18(24-16)12-21(17(22)11-20)19-14(5-2)9-7-10-15(19)6-3/h7,9-10,16,18H,4-6,8,11-13H2,1-3H3. The Labute approximate surface area is 150 Å². The van der Waals surface area contributed by atoms with Gasteiger partial charge in [0.25, 0.3) is 0 Å². The van der Waals surface area contributed by atoms with Gasteiger partial charge in [0.15, 0.2) is 6.29 Å². The summed E-state index contributed by atoms with van der Waals surface area (Å²) in [5.74, 6) is -0.162. The van der Waals surface area contributed by atoms with Gasteiger partial charge in [-0.1, -0.05) is 45.4 Å². The van der Waals surface area contributed by atoms with Crippen molar-refractivity contribution in [1.82, 2.24) is 0 Å². The number of carbonyl (C=O) groups excluding carboxylic acids is 1. The van der Waals surface area contributed by atoms with Crippen LogP contribution in [0.1, 0.15) is 44.7 Å². The number of benzene rings is 1. The van der Waals surface area contributed by atoms with Crippen molar-refractivity contribution in [2.45, 2.75) is 58.8 Å². The summed E-state index contributed by atoms with van der Waals surface area (Å²) in [5, 5.41) is 0. The van der Waals surface area contributed by atoms with Crippen molar-refractivity contribution in [3.8, 4) is 0 Å². The molecule has 1 saturated heterocycles. The van der Waals surface area contributed by atoms with Crippen LogP contribution in [-0.2, 0) is 27.1 Å². The van der Waals surface area contributed by atoms with E-state index < -0.39 is 0 Å². The van der Waals surface area contributed by atoms with Gasteiger partial charge in [0.2, 0.25) is 5.91 Å². The maximum absolute atomic E-state index is 12.5. The number of hydrogen-bond acceptors (Lipinski definition) is 3. The number of carbonyl (C=O) groups is 1. The lowest BCUT2D eigenvalue weighted by atomic mass is 10.0. The van der Waals surface area contributed by atoms with Gasteiger partial charge in [0.05, 0.1) is 24.9 Å². The van der Waals surface area contributed by atoms with Gasteiger partial charge in [-0.15, -0.1) is 11.6 Å². The van der Waals surface area contributed by atoms with E-state index in [1.54, 1.807) is 4.90 Å². The average molecular weight is 354 g/mol. The third-order valence-corrected chi connectivity index (χ3v) is 4.63. The molecule has 0 aliphatic carbocycles. The first kappa shape index (κ1) is 19.2. The number of nitrogens with zero attached hydrogens (tertiary/aromatic N) is 1. The molecule has 1 aromatic carbocycles. The summed E-state index contributed by atoms with van der Waals surface area (Å²) >= 11 is 5.88. The molecule has 1 fully saturated rings. The lowest BCUT2D eigenvalue weighted by molar-refractivity contribution is -0.118. The molecule has 1 aliphatic rings. The Morgan fingerprint density at radius 1 is 1.25 bits per heavy atom. The number of hydrogen-bond donors (Lipinski definition) is 0. The molecule has 0 spiro atoms. The van der Waals surface area contributed by atoms with Gasteiger partial charge in [-0.3, -0.25) is 4.79 Å². The maximum atomic E-state index is 12.5. The van der Waals surface area contributed by atoms with Gasteiger partial charge < -0.3 is 14.4 Å². The number of aryl methyl sites for hydroxylation is 2. The van der Waals surface area contributed by atoms with E-state index in [4.69, 9.17) is 21.1 Å². The average Bonchev–Trinajstić information content (AvgIpc) is 3.05. The van der Waals surface area contributed by atoms with Crippen LogP contribution < -0.4 is 4.90 Å². The van der Waals surface area contributed by atoms with Gasteiger partial charge in [-0.05, 0) is 30.4 Å². The molecule has 0 bridgehead atoms. The Kier molecular flexibility index (Phi) is 7.53. The molecule has 0 radical (unpaired) electrons. The number of para-hydroxylation sites is 1. The summed E-state index contributed by atoms with van der Waals surface area (Å²) in [7, 11) is 0. The first-order valence-corrected chi connectivity index (χ1v) is 9.42. The summed E-state index contributed by atoms with van der Waals surface area (Å²) in [5.41, 5.74) is 3.27. The molecule has 1 amide bonds. The fourth-order valence-corrected chi connectivity index (χ4v) is 3.32. The number of anilines is 1. The normalized spacial score (nSPS) is 20.3. The fourth-order valence-electron chi connectivity index (χ4n) is 3.18. The van der Waals surface area contributed by atoms with Gasteiger partial charge in [0.1, 0.15) is 5.88 Å². The Bertz CT molecular complexity index is 527. The highest BCUT2D eigenvalue weighted by Crippen LogP contribution is 2.29. The van der Waals surface area contributed by atoms with Crippen LogP contribution in [0, 0.1) is 0 Å². The topological polar surface area (TPSA) is 38.8 Å². The number of rotatable bonds is 8. The van der Waals surface area contributed by atoms with E-state index >= 15 is 0 Å². The Morgan fingerprint density at radius 3 is 2.46 bits per heavy atom. The second kappa shape index (κ2) is 9.40. The van der Waals surface area contributed by atoms with E-state index in [1.807, 2.05) is 6.07 Å².